The summed E-state index contributed by atoms with van der Waals surface area (Å²) in [7, 11) is 1.21. The van der Waals surface area contributed by atoms with Crippen LogP contribution < -0.4 is 11.1 Å². The van der Waals surface area contributed by atoms with Crippen LogP contribution in [-0.2, 0) is 9.47 Å². The maximum atomic E-state index is 13.6. The average molecular weight is 254 g/mol. The largest absolute Gasteiger partial charge is 0.465 e. The molecule has 18 heavy (non-hydrogen) atoms. The summed E-state index contributed by atoms with van der Waals surface area (Å²) >= 11 is 0. The Labute approximate surface area is 104 Å². The van der Waals surface area contributed by atoms with E-state index in [1.807, 2.05) is 0 Å². The highest BCUT2D eigenvalue weighted by Crippen LogP contribution is 2.26. The first-order valence-corrected chi connectivity index (χ1v) is 5.62. The summed E-state index contributed by atoms with van der Waals surface area (Å²) in [6.07, 6.45) is 0. The minimum atomic E-state index is -0.717. The summed E-state index contributed by atoms with van der Waals surface area (Å²) in [6.45, 7) is 1.76. The second-order valence-corrected chi connectivity index (χ2v) is 4.03. The molecular formula is C12H15FN2O3. The molecule has 2 rings (SSSR count). The van der Waals surface area contributed by atoms with Gasteiger partial charge >= 0.3 is 5.97 Å². The quantitative estimate of drug-likeness (QED) is 0.604. The van der Waals surface area contributed by atoms with Crippen LogP contribution in [0.4, 0.5) is 10.1 Å². The number of hydrogen-bond donors (Lipinski definition) is 2. The zero-order valence-electron chi connectivity index (χ0n) is 10.0. The van der Waals surface area contributed by atoms with Gasteiger partial charge in [0.25, 0.3) is 0 Å². The van der Waals surface area contributed by atoms with Crippen LogP contribution in [0.1, 0.15) is 22.0 Å². The number of carbonyl (C=O) groups excluding carboxylic acids is 1. The summed E-state index contributed by atoms with van der Waals surface area (Å²) in [5, 5.41) is 3.20. The third kappa shape index (κ3) is 2.44. The van der Waals surface area contributed by atoms with Crippen molar-refractivity contribution in [2.45, 2.75) is 6.04 Å². The van der Waals surface area contributed by atoms with Crippen molar-refractivity contribution in [1.29, 1.82) is 0 Å². The van der Waals surface area contributed by atoms with Crippen LogP contribution in [0.5, 0.6) is 0 Å². The van der Waals surface area contributed by atoms with Gasteiger partial charge in [0.1, 0.15) is 5.82 Å². The molecule has 0 radical (unpaired) electrons. The molecular weight excluding hydrogens is 239 g/mol. The minimum Gasteiger partial charge on any atom is -0.465 e. The Hall–Kier alpha value is -1.66. The number of nitrogen functional groups attached to an aromatic ring is 1. The van der Waals surface area contributed by atoms with E-state index in [-0.39, 0.29) is 11.6 Å². The van der Waals surface area contributed by atoms with Gasteiger partial charge in [-0.25, -0.2) is 9.18 Å². The van der Waals surface area contributed by atoms with E-state index in [2.05, 4.69) is 10.1 Å². The van der Waals surface area contributed by atoms with Crippen LogP contribution in [0.25, 0.3) is 0 Å². The molecule has 1 aliphatic rings. The summed E-state index contributed by atoms with van der Waals surface area (Å²) in [4.78, 5) is 11.4. The van der Waals surface area contributed by atoms with Crippen LogP contribution in [0, 0.1) is 5.82 Å². The van der Waals surface area contributed by atoms with Crippen molar-refractivity contribution in [2.24, 2.45) is 0 Å². The number of esters is 1. The lowest BCUT2D eigenvalue weighted by molar-refractivity contribution is 0.0594. The standard InChI is InChI=1S/C12H15FN2O3/c1-17-12(16)7-4-8(10(14)5-9(7)13)11-6-18-3-2-15-11/h4-5,11,15H,2-3,6,14H2,1H3/t11-/m1/s1. The number of carbonyl (C=O) groups is 1. The van der Waals surface area contributed by atoms with Crippen molar-refractivity contribution in [2.75, 3.05) is 32.6 Å². The molecule has 0 spiro atoms. The van der Waals surface area contributed by atoms with Gasteiger partial charge in [-0.2, -0.15) is 0 Å². The highest BCUT2D eigenvalue weighted by molar-refractivity contribution is 5.90. The van der Waals surface area contributed by atoms with Crippen molar-refractivity contribution >= 4 is 11.7 Å². The van der Waals surface area contributed by atoms with Crippen LogP contribution in [0.2, 0.25) is 0 Å². The average Bonchev–Trinajstić information content (AvgIpc) is 2.39. The maximum Gasteiger partial charge on any atom is 0.340 e. The molecule has 0 amide bonds. The van der Waals surface area contributed by atoms with Crippen molar-refractivity contribution in [1.82, 2.24) is 5.32 Å². The number of halogens is 1. The Morgan fingerprint density at radius 1 is 1.61 bits per heavy atom. The van der Waals surface area contributed by atoms with Gasteiger partial charge in [-0.15, -0.1) is 0 Å². The Morgan fingerprint density at radius 2 is 2.39 bits per heavy atom. The van der Waals surface area contributed by atoms with Gasteiger partial charge in [0, 0.05) is 12.2 Å². The first-order chi connectivity index (χ1) is 8.63. The van der Waals surface area contributed by atoms with Crippen LogP contribution in [-0.4, -0.2) is 32.8 Å². The Bertz CT molecular complexity index is 459. The predicted molar refractivity (Wildman–Crippen MR) is 63.7 cm³/mol. The molecule has 0 aromatic heterocycles. The number of nitrogens with two attached hydrogens (primary N) is 1. The first-order valence-electron chi connectivity index (χ1n) is 5.62. The third-order valence-electron chi connectivity index (χ3n) is 2.88. The minimum absolute atomic E-state index is 0.117. The molecule has 1 fully saturated rings. The third-order valence-corrected chi connectivity index (χ3v) is 2.88. The second-order valence-electron chi connectivity index (χ2n) is 4.03. The van der Waals surface area contributed by atoms with Gasteiger partial charge in [-0.05, 0) is 17.7 Å². The van der Waals surface area contributed by atoms with Crippen LogP contribution in [0.15, 0.2) is 12.1 Å². The number of nitrogens with one attached hydrogen (secondary N) is 1. The Balaban J connectivity index is 2.37. The predicted octanol–water partition coefficient (Wildman–Crippen LogP) is 0.855. The first kappa shape index (κ1) is 12.8. The molecule has 98 valence electrons. The van der Waals surface area contributed by atoms with Crippen LogP contribution in [0.3, 0.4) is 0 Å². The lowest BCUT2D eigenvalue weighted by atomic mass is 10.0. The smallest absolute Gasteiger partial charge is 0.340 e. The molecule has 1 heterocycles. The second kappa shape index (κ2) is 5.32. The van der Waals surface area contributed by atoms with E-state index >= 15 is 0 Å². The monoisotopic (exact) mass is 254 g/mol. The lowest BCUT2D eigenvalue weighted by Gasteiger charge is -2.25. The van der Waals surface area contributed by atoms with E-state index in [9.17, 15) is 9.18 Å². The fourth-order valence-electron chi connectivity index (χ4n) is 1.94. The zero-order chi connectivity index (χ0) is 13.1. The maximum absolute atomic E-state index is 13.6. The Morgan fingerprint density at radius 3 is 3.00 bits per heavy atom. The number of benzene rings is 1. The highest BCUT2D eigenvalue weighted by atomic mass is 19.1. The van der Waals surface area contributed by atoms with Gasteiger partial charge in [0.15, 0.2) is 0 Å². The van der Waals surface area contributed by atoms with E-state index in [4.69, 9.17) is 10.5 Å². The lowest BCUT2D eigenvalue weighted by Crippen LogP contribution is -2.35. The van der Waals surface area contributed by atoms with E-state index in [0.717, 1.165) is 6.07 Å². The number of hydrogen-bond acceptors (Lipinski definition) is 5. The molecule has 3 N–H and O–H groups in total. The summed E-state index contributed by atoms with van der Waals surface area (Å²) in [6, 6.07) is 2.42. The van der Waals surface area contributed by atoms with Crippen LogP contribution >= 0.6 is 0 Å². The molecule has 1 aromatic rings. The molecule has 1 aromatic carbocycles. The van der Waals surface area contributed by atoms with E-state index < -0.39 is 11.8 Å². The van der Waals surface area contributed by atoms with Crippen molar-refractivity contribution in [3.8, 4) is 0 Å². The molecule has 0 bridgehead atoms. The number of methoxy groups -OCH3 is 1. The zero-order valence-corrected chi connectivity index (χ0v) is 10.0. The number of anilines is 1. The van der Waals surface area contributed by atoms with Crippen molar-refractivity contribution < 1.29 is 18.7 Å². The molecule has 0 unspecified atom stereocenters. The van der Waals surface area contributed by atoms with Gasteiger partial charge in [0.05, 0.1) is 31.9 Å². The fraction of sp³-hybridized carbons (Fsp3) is 0.417. The number of rotatable bonds is 2. The highest BCUT2D eigenvalue weighted by Gasteiger charge is 2.22. The molecule has 6 heteroatoms. The normalized spacial score (nSPS) is 19.6. The molecule has 5 nitrogen and oxygen atoms in total. The SMILES string of the molecule is COC(=O)c1cc([C@H]2COCCN2)c(N)cc1F. The van der Waals surface area contributed by atoms with E-state index in [0.29, 0.717) is 31.0 Å². The van der Waals surface area contributed by atoms with Gasteiger partial charge in [0.2, 0.25) is 0 Å². The fourth-order valence-corrected chi connectivity index (χ4v) is 1.94. The van der Waals surface area contributed by atoms with Gasteiger partial charge in [-0.3, -0.25) is 0 Å². The summed E-state index contributed by atoms with van der Waals surface area (Å²) in [5.74, 6) is -1.40. The van der Waals surface area contributed by atoms with Gasteiger partial charge in [-0.1, -0.05) is 0 Å². The summed E-state index contributed by atoms with van der Waals surface area (Å²) < 4.78 is 23.5. The van der Waals surface area contributed by atoms with E-state index in [1.54, 1.807) is 0 Å². The molecule has 0 aliphatic carbocycles. The molecule has 1 atom stereocenters. The van der Waals surface area contributed by atoms with Gasteiger partial charge < -0.3 is 20.5 Å². The molecule has 1 saturated heterocycles. The number of morpholine rings is 1. The van der Waals surface area contributed by atoms with Crippen molar-refractivity contribution in [3.05, 3.63) is 29.1 Å². The number of ether oxygens (including phenoxy) is 2. The topological polar surface area (TPSA) is 73.6 Å². The van der Waals surface area contributed by atoms with E-state index in [1.165, 1.54) is 13.2 Å². The summed E-state index contributed by atoms with van der Waals surface area (Å²) in [5.41, 5.74) is 6.60. The molecule has 1 aliphatic heterocycles. The Kier molecular flexibility index (Phi) is 3.78. The molecule has 0 saturated carbocycles. The van der Waals surface area contributed by atoms with Crippen molar-refractivity contribution in [3.63, 3.8) is 0 Å².